The summed E-state index contributed by atoms with van der Waals surface area (Å²) in [5.74, 6) is -4.19. The highest BCUT2D eigenvalue weighted by atomic mass is 16.4. The van der Waals surface area contributed by atoms with E-state index in [0.717, 1.165) is 0 Å². The van der Waals surface area contributed by atoms with Gasteiger partial charge in [-0.15, -0.1) is 0 Å². The summed E-state index contributed by atoms with van der Waals surface area (Å²) in [6.45, 7) is 1.92. The molecule has 5 atom stereocenters. The number of likely N-dealkylation sites (tertiary alicyclic amines) is 1. The molecule has 17 heteroatoms. The molecule has 1 fully saturated rings. The van der Waals surface area contributed by atoms with Crippen molar-refractivity contribution in [2.75, 3.05) is 19.6 Å². The summed E-state index contributed by atoms with van der Waals surface area (Å²) in [6, 6.07) is 6.75. The van der Waals surface area contributed by atoms with E-state index in [1.165, 1.54) is 17.9 Å². The molecule has 2 heterocycles. The molecular weight excluding hydrogens is 674 g/mol. The van der Waals surface area contributed by atoms with Gasteiger partial charge in [0.1, 0.15) is 18.1 Å². The Morgan fingerprint density at radius 3 is 2.37 bits per heavy atom. The predicted octanol–water partition coefficient (Wildman–Crippen LogP) is -0.612. The van der Waals surface area contributed by atoms with Gasteiger partial charge >= 0.3 is 5.97 Å². The summed E-state index contributed by atoms with van der Waals surface area (Å²) in [4.78, 5) is 88.2. The summed E-state index contributed by atoms with van der Waals surface area (Å²) in [6.07, 6.45) is 0.840. The number of aromatic amines is 1. The number of H-pyrrole nitrogens is 1. The Balaban J connectivity index is 1.58. The average Bonchev–Trinajstić information content (AvgIpc) is 3.61. The average molecular weight is 722 g/mol. The third-order valence-electron chi connectivity index (χ3n) is 9.00. The fraction of sp³-hybridized carbons (Fsp3) is 0.457. The molecule has 4 rings (SSSR count). The molecule has 0 aliphatic carbocycles. The second-order valence-electron chi connectivity index (χ2n) is 12.8. The summed E-state index contributed by atoms with van der Waals surface area (Å²) < 4.78 is 0. The molecule has 1 aliphatic heterocycles. The number of carboxylic acids is 1. The number of benzene rings is 2. The van der Waals surface area contributed by atoms with Crippen LogP contribution in [0.4, 0.5) is 0 Å². The number of aliphatic hydroxyl groups is 1. The molecule has 4 amide bonds. The molecule has 1 aliphatic rings. The maximum Gasteiger partial charge on any atom is 0.328 e. The standard InChI is InChI=1S/C35H47N9O8/c1-19(45)27(34(51)52)43-31(48)24(13-4-5-16-36)41-32(49)26-15-8-18-44(26)33(50)25(14-7-17-39-35(37)38)42-30(47)22-11-6-10-21-28(22)40-23-12-3-2-9-20(23)29(21)46/h2-3,6,9-12,19,24-27,45H,4-5,7-8,13-18,36H2,1H3,(H,40,46)(H,41,49)(H,42,47)(H,43,48)(H,51,52)(H4,37,38,39)/t19-,24+,25+,26+,27+/m1/s1. The number of aliphatic hydroxyl groups excluding tert-OH is 1. The first-order chi connectivity index (χ1) is 24.8. The van der Waals surface area contributed by atoms with Gasteiger partial charge in [-0.3, -0.25) is 29.0 Å². The number of nitrogens with two attached hydrogens (primary N) is 3. The number of guanidine groups is 1. The van der Waals surface area contributed by atoms with Crippen LogP contribution >= 0.6 is 0 Å². The van der Waals surface area contributed by atoms with Gasteiger partial charge in [-0.25, -0.2) is 4.79 Å². The van der Waals surface area contributed by atoms with E-state index in [-0.39, 0.29) is 49.3 Å². The van der Waals surface area contributed by atoms with E-state index < -0.39 is 59.9 Å². The van der Waals surface area contributed by atoms with Crippen LogP contribution < -0.4 is 38.6 Å². The SMILES string of the molecule is C[C@@H](O)[C@H](NC(=O)[C@H](CCCCN)NC(=O)[C@@H]1CCCN1C(=O)[C@H](CCCN=C(N)N)NC(=O)c1cccc2c(=O)c3ccccc3[nH]c12)C(=O)O. The number of fused-ring (bicyclic) bond motifs is 2. The molecule has 1 saturated heterocycles. The third-order valence-corrected chi connectivity index (χ3v) is 9.00. The number of unbranched alkanes of at least 4 members (excludes halogenated alkanes) is 1. The predicted molar refractivity (Wildman–Crippen MR) is 194 cm³/mol. The second kappa shape index (κ2) is 18.1. The van der Waals surface area contributed by atoms with Crippen LogP contribution in [0.2, 0.25) is 0 Å². The number of rotatable bonds is 17. The number of hydrogen-bond acceptors (Lipinski definition) is 9. The van der Waals surface area contributed by atoms with Gasteiger partial charge in [0.25, 0.3) is 5.91 Å². The van der Waals surface area contributed by atoms with E-state index in [1.807, 2.05) is 0 Å². The molecule has 0 radical (unpaired) electrons. The maximum absolute atomic E-state index is 14.2. The number of carbonyl (C=O) groups excluding carboxylic acids is 4. The molecule has 0 bridgehead atoms. The van der Waals surface area contributed by atoms with Gasteiger partial charge in [0.2, 0.25) is 17.7 Å². The van der Waals surface area contributed by atoms with Crippen LogP contribution in [0.1, 0.15) is 62.2 Å². The van der Waals surface area contributed by atoms with Crippen LogP contribution in [0.5, 0.6) is 0 Å². The molecule has 0 spiro atoms. The summed E-state index contributed by atoms with van der Waals surface area (Å²) in [5.41, 5.74) is 17.3. The molecule has 0 saturated carbocycles. The first kappa shape index (κ1) is 39.2. The summed E-state index contributed by atoms with van der Waals surface area (Å²) in [7, 11) is 0. The van der Waals surface area contributed by atoms with E-state index in [1.54, 1.807) is 36.4 Å². The number of hydrogen-bond donors (Lipinski definition) is 9. The number of nitrogens with one attached hydrogen (secondary N) is 4. The van der Waals surface area contributed by atoms with E-state index in [2.05, 4.69) is 25.9 Å². The lowest BCUT2D eigenvalue weighted by Gasteiger charge is -2.30. The zero-order chi connectivity index (χ0) is 37.9. The fourth-order valence-corrected chi connectivity index (χ4v) is 6.31. The highest BCUT2D eigenvalue weighted by molar-refractivity contribution is 6.09. The first-order valence-corrected chi connectivity index (χ1v) is 17.3. The lowest BCUT2D eigenvalue weighted by molar-refractivity contribution is -0.145. The van der Waals surface area contributed by atoms with Crippen molar-refractivity contribution < 1.29 is 34.2 Å². The quantitative estimate of drug-likeness (QED) is 0.0367. The van der Waals surface area contributed by atoms with Crippen molar-refractivity contribution in [1.29, 1.82) is 0 Å². The van der Waals surface area contributed by atoms with Crippen molar-refractivity contribution in [2.24, 2.45) is 22.2 Å². The van der Waals surface area contributed by atoms with Crippen LogP contribution in [0, 0.1) is 0 Å². The molecule has 1 aromatic heterocycles. The Hall–Kier alpha value is -5.55. The van der Waals surface area contributed by atoms with E-state index >= 15 is 0 Å². The van der Waals surface area contributed by atoms with Crippen molar-refractivity contribution in [3.05, 3.63) is 58.3 Å². The minimum atomic E-state index is -1.60. The third kappa shape index (κ3) is 9.61. The monoisotopic (exact) mass is 721 g/mol. The van der Waals surface area contributed by atoms with Gasteiger partial charge in [0.05, 0.1) is 17.2 Å². The molecule has 12 N–H and O–H groups in total. The summed E-state index contributed by atoms with van der Waals surface area (Å²) in [5, 5.41) is 27.8. The van der Waals surface area contributed by atoms with Gasteiger partial charge in [0, 0.05) is 29.4 Å². The van der Waals surface area contributed by atoms with E-state index in [9.17, 15) is 39.0 Å². The van der Waals surface area contributed by atoms with Crippen molar-refractivity contribution in [3.8, 4) is 0 Å². The van der Waals surface area contributed by atoms with Gasteiger partial charge in [-0.1, -0.05) is 18.2 Å². The Morgan fingerprint density at radius 1 is 0.962 bits per heavy atom. The van der Waals surface area contributed by atoms with E-state index in [0.29, 0.717) is 54.0 Å². The molecule has 3 aromatic rings. The number of carboxylic acid groups (broad SMARTS) is 1. The Bertz CT molecular complexity index is 1870. The highest BCUT2D eigenvalue weighted by Gasteiger charge is 2.39. The molecule has 17 nitrogen and oxygen atoms in total. The lowest BCUT2D eigenvalue weighted by Crippen LogP contribution is -2.58. The number of para-hydroxylation sites is 2. The number of pyridine rings is 1. The molecule has 0 unspecified atom stereocenters. The number of amides is 4. The minimum Gasteiger partial charge on any atom is -0.480 e. The van der Waals surface area contributed by atoms with Crippen LogP contribution in [-0.4, -0.2) is 106 Å². The van der Waals surface area contributed by atoms with Gasteiger partial charge in [0.15, 0.2) is 17.4 Å². The number of aliphatic imine (C=N–C) groups is 1. The van der Waals surface area contributed by atoms with Crippen molar-refractivity contribution in [3.63, 3.8) is 0 Å². The Labute approximate surface area is 299 Å². The zero-order valence-electron chi connectivity index (χ0n) is 29.0. The van der Waals surface area contributed by atoms with Crippen LogP contribution in [0.3, 0.4) is 0 Å². The number of nitrogens with zero attached hydrogens (tertiary/aromatic N) is 2. The summed E-state index contributed by atoms with van der Waals surface area (Å²) >= 11 is 0. The van der Waals surface area contributed by atoms with Gasteiger partial charge < -0.3 is 53.2 Å². The molecule has 52 heavy (non-hydrogen) atoms. The van der Waals surface area contributed by atoms with Crippen LogP contribution in [-0.2, 0) is 19.2 Å². The van der Waals surface area contributed by atoms with Crippen molar-refractivity contribution in [1.82, 2.24) is 25.8 Å². The fourth-order valence-electron chi connectivity index (χ4n) is 6.31. The topological polar surface area (TPSA) is 288 Å². The van der Waals surface area contributed by atoms with Crippen LogP contribution in [0.25, 0.3) is 21.8 Å². The van der Waals surface area contributed by atoms with Crippen molar-refractivity contribution in [2.45, 2.75) is 82.1 Å². The molecule has 280 valence electrons. The number of aliphatic carboxylic acids is 1. The van der Waals surface area contributed by atoms with Crippen molar-refractivity contribution >= 4 is 57.4 Å². The second-order valence-corrected chi connectivity index (χ2v) is 12.8. The smallest absolute Gasteiger partial charge is 0.328 e. The normalized spacial score (nSPS) is 16.4. The molecule has 2 aromatic carbocycles. The lowest BCUT2D eigenvalue weighted by atomic mass is 10.0. The Morgan fingerprint density at radius 2 is 1.67 bits per heavy atom. The maximum atomic E-state index is 14.2. The number of carbonyl (C=O) groups is 5. The zero-order valence-corrected chi connectivity index (χ0v) is 29.0. The van der Waals surface area contributed by atoms with Crippen LogP contribution in [0.15, 0.2) is 52.3 Å². The van der Waals surface area contributed by atoms with E-state index in [4.69, 9.17) is 17.2 Å². The minimum absolute atomic E-state index is 0.108. The van der Waals surface area contributed by atoms with Gasteiger partial charge in [-0.05, 0) is 82.7 Å². The van der Waals surface area contributed by atoms with Gasteiger partial charge in [-0.2, -0.15) is 0 Å². The largest absolute Gasteiger partial charge is 0.480 e. The Kier molecular flexibility index (Phi) is 13.7. The first-order valence-electron chi connectivity index (χ1n) is 17.3. The molecular formula is C35H47N9O8. The number of aromatic nitrogens is 1. The highest BCUT2D eigenvalue weighted by Crippen LogP contribution is 2.22.